The molecule has 1 heterocycles. The van der Waals surface area contributed by atoms with Crippen molar-refractivity contribution in [3.05, 3.63) is 48.0 Å². The molecule has 3 aliphatic rings. The average molecular weight is 356 g/mol. The van der Waals surface area contributed by atoms with E-state index in [1.165, 1.54) is 31.2 Å². The molecule has 0 aromatic heterocycles. The molecule has 6 heteroatoms. The number of aliphatic imine (C=N–C) groups is 1. The third kappa shape index (κ3) is 3.49. The summed E-state index contributed by atoms with van der Waals surface area (Å²) in [5, 5.41) is 15.6. The van der Waals surface area contributed by atoms with E-state index in [1.54, 1.807) is 0 Å². The van der Waals surface area contributed by atoms with Crippen molar-refractivity contribution < 1.29 is 19.8 Å². The number of carboxylic acid groups (broad SMARTS) is 2. The Labute approximate surface area is 152 Å². The second-order valence-corrected chi connectivity index (χ2v) is 7.26. The zero-order valence-electron chi connectivity index (χ0n) is 14.5. The van der Waals surface area contributed by atoms with Gasteiger partial charge in [0.1, 0.15) is 0 Å². The summed E-state index contributed by atoms with van der Waals surface area (Å²) >= 11 is 0. The van der Waals surface area contributed by atoms with Crippen molar-refractivity contribution in [3.63, 3.8) is 0 Å². The number of hydrogen-bond donors (Lipinski definition) is 3. The third-order valence-electron chi connectivity index (χ3n) is 5.85. The van der Waals surface area contributed by atoms with E-state index in [2.05, 4.69) is 30.3 Å². The molecule has 0 radical (unpaired) electrons. The van der Waals surface area contributed by atoms with E-state index in [4.69, 9.17) is 20.9 Å². The molecule has 2 saturated carbocycles. The van der Waals surface area contributed by atoms with E-state index in [0.29, 0.717) is 18.1 Å². The molecule has 4 unspecified atom stereocenters. The summed E-state index contributed by atoms with van der Waals surface area (Å²) in [6, 6.07) is 11.0. The lowest BCUT2D eigenvalue weighted by Crippen LogP contribution is -2.38. The highest BCUT2D eigenvalue weighted by Gasteiger charge is 2.59. The van der Waals surface area contributed by atoms with Crippen molar-refractivity contribution in [3.8, 4) is 0 Å². The number of nitrogens with zero attached hydrogens (tertiary/aromatic N) is 1. The maximum atomic E-state index is 9.55. The van der Waals surface area contributed by atoms with Gasteiger partial charge in [-0.2, -0.15) is 0 Å². The largest absolute Gasteiger partial charge is 0.478 e. The third-order valence-corrected chi connectivity index (χ3v) is 5.85. The number of amidine groups is 1. The molecule has 0 amide bonds. The number of rotatable bonds is 3. The van der Waals surface area contributed by atoms with Gasteiger partial charge in [-0.3, -0.25) is 4.99 Å². The highest BCUT2D eigenvalue weighted by Crippen LogP contribution is 2.63. The van der Waals surface area contributed by atoms with Gasteiger partial charge in [-0.15, -0.1) is 0 Å². The van der Waals surface area contributed by atoms with Gasteiger partial charge in [-0.1, -0.05) is 30.3 Å². The molecular formula is C20H24N2O4. The minimum atomic E-state index is -1.26. The molecule has 4 N–H and O–H groups in total. The number of benzene rings is 1. The molecule has 138 valence electrons. The number of hydrogen-bond acceptors (Lipinski definition) is 4. The monoisotopic (exact) mass is 356 g/mol. The standard InChI is InChI=1S/C16H20N2.C4H4O4/c17-14-8-9-16(18-14)13-7-6-12(10-13)15(16)11-4-2-1-3-5-11;5-3(6)1-2-4(7)8/h1-5,12-13,15H,6-10H2,(H2,17,18);1-2H,(H,5,6)(H,7,8)/b;2-1+. The molecule has 26 heavy (non-hydrogen) atoms. The van der Waals surface area contributed by atoms with Crippen LogP contribution in [0.4, 0.5) is 0 Å². The van der Waals surface area contributed by atoms with E-state index < -0.39 is 11.9 Å². The van der Waals surface area contributed by atoms with Crippen molar-refractivity contribution in [1.82, 2.24) is 0 Å². The summed E-state index contributed by atoms with van der Waals surface area (Å²) in [5.74, 6) is 0.627. The van der Waals surface area contributed by atoms with Crippen molar-refractivity contribution in [1.29, 1.82) is 0 Å². The zero-order chi connectivity index (χ0) is 18.7. The zero-order valence-corrected chi connectivity index (χ0v) is 14.5. The van der Waals surface area contributed by atoms with Crippen LogP contribution in [0, 0.1) is 11.8 Å². The summed E-state index contributed by atoms with van der Waals surface area (Å²) in [4.78, 5) is 24.1. The molecule has 1 aliphatic heterocycles. The summed E-state index contributed by atoms with van der Waals surface area (Å²) in [7, 11) is 0. The van der Waals surface area contributed by atoms with Gasteiger partial charge in [0.25, 0.3) is 0 Å². The van der Waals surface area contributed by atoms with Gasteiger partial charge >= 0.3 is 11.9 Å². The number of fused-ring (bicyclic) bond motifs is 3. The molecule has 4 atom stereocenters. The van der Waals surface area contributed by atoms with Crippen LogP contribution in [0.3, 0.4) is 0 Å². The van der Waals surface area contributed by atoms with Gasteiger partial charge in [0.2, 0.25) is 0 Å². The van der Waals surface area contributed by atoms with Crippen LogP contribution >= 0.6 is 0 Å². The fourth-order valence-corrected chi connectivity index (χ4v) is 5.03. The molecule has 4 rings (SSSR count). The number of nitrogens with two attached hydrogens (primary N) is 1. The Morgan fingerprint density at radius 3 is 2.31 bits per heavy atom. The lowest BCUT2D eigenvalue weighted by atomic mass is 9.69. The summed E-state index contributed by atoms with van der Waals surface area (Å²) in [5.41, 5.74) is 7.66. The van der Waals surface area contributed by atoms with Crippen LogP contribution < -0.4 is 5.73 Å². The maximum absolute atomic E-state index is 9.55. The molecule has 2 aliphatic carbocycles. The maximum Gasteiger partial charge on any atom is 0.328 e. The highest BCUT2D eigenvalue weighted by molar-refractivity contribution is 5.89. The first kappa shape index (κ1) is 18.2. The van der Waals surface area contributed by atoms with Gasteiger partial charge in [-0.05, 0) is 43.1 Å². The van der Waals surface area contributed by atoms with Crippen LogP contribution in [0.15, 0.2) is 47.5 Å². The Bertz CT molecular complexity index is 727. The number of carboxylic acids is 2. The van der Waals surface area contributed by atoms with E-state index in [0.717, 1.165) is 24.1 Å². The molecular weight excluding hydrogens is 332 g/mol. The molecule has 6 nitrogen and oxygen atoms in total. The first-order chi connectivity index (χ1) is 12.4. The van der Waals surface area contributed by atoms with Crippen molar-refractivity contribution in [2.45, 2.75) is 43.6 Å². The molecule has 1 aromatic carbocycles. The Morgan fingerprint density at radius 2 is 1.77 bits per heavy atom. The fraction of sp³-hybridized carbons (Fsp3) is 0.450. The smallest absolute Gasteiger partial charge is 0.328 e. The Balaban J connectivity index is 0.000000211. The molecule has 2 fully saturated rings. The van der Waals surface area contributed by atoms with Crippen LogP contribution in [0.5, 0.6) is 0 Å². The van der Waals surface area contributed by atoms with E-state index in [1.807, 2.05) is 0 Å². The lowest BCUT2D eigenvalue weighted by molar-refractivity contribution is -0.134. The van der Waals surface area contributed by atoms with Gasteiger partial charge in [-0.25, -0.2) is 9.59 Å². The second kappa shape index (κ2) is 7.32. The van der Waals surface area contributed by atoms with Crippen LogP contribution in [0.1, 0.15) is 43.6 Å². The lowest BCUT2D eigenvalue weighted by Gasteiger charge is -2.39. The van der Waals surface area contributed by atoms with E-state index in [9.17, 15) is 9.59 Å². The first-order valence-electron chi connectivity index (χ1n) is 8.95. The minimum Gasteiger partial charge on any atom is -0.478 e. The van der Waals surface area contributed by atoms with E-state index in [-0.39, 0.29) is 5.54 Å². The van der Waals surface area contributed by atoms with Crippen LogP contribution in [0.2, 0.25) is 0 Å². The average Bonchev–Trinajstić information content (AvgIpc) is 3.30. The normalized spacial score (nSPS) is 31.7. The number of carbonyl (C=O) groups is 2. The summed E-state index contributed by atoms with van der Waals surface area (Å²) in [6.45, 7) is 0. The quantitative estimate of drug-likeness (QED) is 0.721. The fourth-order valence-electron chi connectivity index (χ4n) is 5.03. The Kier molecular flexibility index (Phi) is 5.11. The predicted molar refractivity (Wildman–Crippen MR) is 98.0 cm³/mol. The van der Waals surface area contributed by atoms with Gasteiger partial charge in [0.15, 0.2) is 0 Å². The summed E-state index contributed by atoms with van der Waals surface area (Å²) in [6.07, 6.45) is 7.43. The second-order valence-electron chi connectivity index (χ2n) is 7.26. The molecule has 2 bridgehead atoms. The van der Waals surface area contributed by atoms with Crippen molar-refractivity contribution >= 4 is 17.8 Å². The minimum absolute atomic E-state index is 0.161. The van der Waals surface area contributed by atoms with Crippen LogP contribution in [-0.4, -0.2) is 33.5 Å². The molecule has 0 saturated heterocycles. The highest BCUT2D eigenvalue weighted by atomic mass is 16.4. The van der Waals surface area contributed by atoms with Crippen LogP contribution in [-0.2, 0) is 9.59 Å². The van der Waals surface area contributed by atoms with Gasteiger partial charge < -0.3 is 15.9 Å². The van der Waals surface area contributed by atoms with Crippen LogP contribution in [0.25, 0.3) is 0 Å². The topological polar surface area (TPSA) is 113 Å². The van der Waals surface area contributed by atoms with Gasteiger partial charge in [0.05, 0.1) is 11.4 Å². The molecule has 1 spiro atoms. The van der Waals surface area contributed by atoms with Crippen molar-refractivity contribution in [2.75, 3.05) is 0 Å². The SMILES string of the molecule is NC1=NC2(CC1)C1CCC(C1)C2c1ccccc1.O=C(O)/C=C/C(=O)O. The summed E-state index contributed by atoms with van der Waals surface area (Å²) < 4.78 is 0. The predicted octanol–water partition coefficient (Wildman–Crippen LogP) is 2.80. The Morgan fingerprint density at radius 1 is 1.12 bits per heavy atom. The van der Waals surface area contributed by atoms with Crippen molar-refractivity contribution in [2.24, 2.45) is 22.6 Å². The number of aliphatic carboxylic acids is 2. The Hall–Kier alpha value is -2.63. The van der Waals surface area contributed by atoms with Gasteiger partial charge in [0, 0.05) is 24.5 Å². The van der Waals surface area contributed by atoms with E-state index >= 15 is 0 Å². The molecule has 1 aromatic rings. The first-order valence-corrected chi connectivity index (χ1v) is 8.95.